The van der Waals surface area contributed by atoms with Crippen molar-refractivity contribution in [2.24, 2.45) is 17.8 Å². The summed E-state index contributed by atoms with van der Waals surface area (Å²) in [5, 5.41) is 20.6. The Morgan fingerprint density at radius 3 is 2.78 bits per heavy atom. The van der Waals surface area contributed by atoms with E-state index in [9.17, 15) is 15.0 Å². The minimum absolute atomic E-state index is 0.167. The maximum Gasteiger partial charge on any atom is 0.222 e. The zero-order chi connectivity index (χ0) is 19.8. The van der Waals surface area contributed by atoms with E-state index in [2.05, 4.69) is 19.1 Å². The summed E-state index contributed by atoms with van der Waals surface area (Å²) in [6.45, 7) is 2.17. The van der Waals surface area contributed by atoms with Crippen molar-refractivity contribution in [2.45, 2.75) is 83.3 Å². The molecule has 154 valence electrons. The molecule has 2 aliphatic rings. The molecule has 0 saturated heterocycles. The third-order valence-electron chi connectivity index (χ3n) is 6.25. The Kier molecular flexibility index (Phi) is 9.04. The number of carbonyl (C=O) groups is 1. The van der Waals surface area contributed by atoms with E-state index in [0.29, 0.717) is 18.3 Å². The van der Waals surface area contributed by atoms with E-state index in [4.69, 9.17) is 0 Å². The van der Waals surface area contributed by atoms with E-state index >= 15 is 0 Å². The van der Waals surface area contributed by atoms with Crippen LogP contribution in [0.1, 0.15) is 71.1 Å². The van der Waals surface area contributed by atoms with Crippen molar-refractivity contribution in [2.75, 3.05) is 14.1 Å². The van der Waals surface area contributed by atoms with E-state index in [-0.39, 0.29) is 24.0 Å². The van der Waals surface area contributed by atoms with E-state index in [1.165, 1.54) is 12.0 Å². The van der Waals surface area contributed by atoms with Crippen molar-refractivity contribution >= 4 is 5.91 Å². The summed E-state index contributed by atoms with van der Waals surface area (Å²) in [5.74, 6) is 1.33. The van der Waals surface area contributed by atoms with E-state index in [0.717, 1.165) is 51.4 Å². The largest absolute Gasteiger partial charge is 0.392 e. The number of hydrogen-bond acceptors (Lipinski definition) is 3. The quantitative estimate of drug-likeness (QED) is 0.421. The molecule has 2 N–H and O–H groups in total. The van der Waals surface area contributed by atoms with Gasteiger partial charge >= 0.3 is 0 Å². The third kappa shape index (κ3) is 6.76. The molecule has 4 heteroatoms. The lowest BCUT2D eigenvalue weighted by molar-refractivity contribution is -0.128. The Morgan fingerprint density at radius 1 is 1.30 bits per heavy atom. The van der Waals surface area contributed by atoms with Gasteiger partial charge < -0.3 is 15.1 Å². The van der Waals surface area contributed by atoms with Gasteiger partial charge in [0.15, 0.2) is 0 Å². The lowest BCUT2D eigenvalue weighted by Gasteiger charge is -2.19. The Labute approximate surface area is 165 Å². The highest BCUT2D eigenvalue weighted by atomic mass is 16.3. The molecule has 2 aliphatic carbocycles. The van der Waals surface area contributed by atoms with E-state index in [1.54, 1.807) is 4.90 Å². The van der Waals surface area contributed by atoms with Crippen molar-refractivity contribution in [3.05, 3.63) is 23.8 Å². The van der Waals surface area contributed by atoms with Crippen LogP contribution in [0.4, 0.5) is 0 Å². The fraction of sp³-hybridized carbons (Fsp3) is 0.783. The molecule has 1 amide bonds. The van der Waals surface area contributed by atoms with Gasteiger partial charge in [-0.15, -0.1) is 0 Å². The molecule has 0 radical (unpaired) electrons. The fourth-order valence-electron chi connectivity index (χ4n) is 4.60. The Morgan fingerprint density at radius 2 is 2.07 bits per heavy atom. The number of hydrogen-bond donors (Lipinski definition) is 2. The number of unbranched alkanes of at least 4 members (excludes halogenated alkanes) is 3. The van der Waals surface area contributed by atoms with Crippen molar-refractivity contribution in [1.29, 1.82) is 0 Å². The molecule has 1 saturated carbocycles. The lowest BCUT2D eigenvalue weighted by atomic mass is 9.88. The first-order valence-electron chi connectivity index (χ1n) is 10.9. The number of carbonyl (C=O) groups excluding carboxylic acids is 1. The molecule has 27 heavy (non-hydrogen) atoms. The van der Waals surface area contributed by atoms with Gasteiger partial charge in [-0.25, -0.2) is 0 Å². The fourth-order valence-corrected chi connectivity index (χ4v) is 4.60. The summed E-state index contributed by atoms with van der Waals surface area (Å²) >= 11 is 0. The maximum absolute atomic E-state index is 11.6. The second kappa shape index (κ2) is 11.0. The van der Waals surface area contributed by atoms with Crippen LogP contribution in [0.5, 0.6) is 0 Å². The van der Waals surface area contributed by atoms with Crippen LogP contribution in [-0.2, 0) is 4.79 Å². The van der Waals surface area contributed by atoms with Crippen LogP contribution in [0.15, 0.2) is 23.8 Å². The molecule has 0 aromatic carbocycles. The van der Waals surface area contributed by atoms with Gasteiger partial charge in [0.25, 0.3) is 0 Å². The SMILES string of the molecule is CCCCC[C@@H](O)C=C[C@H]1[C@@H]2CC(CCCCC(=O)N(C)C)=C[C@@H]2C[C@@H]1O. The first-order chi connectivity index (χ1) is 12.9. The van der Waals surface area contributed by atoms with Crippen molar-refractivity contribution in [1.82, 2.24) is 4.90 Å². The molecular weight excluding hydrogens is 338 g/mol. The molecule has 0 unspecified atom stereocenters. The minimum Gasteiger partial charge on any atom is -0.392 e. The number of amides is 1. The summed E-state index contributed by atoms with van der Waals surface area (Å²) < 4.78 is 0. The summed E-state index contributed by atoms with van der Waals surface area (Å²) in [6, 6.07) is 0. The normalized spacial score (nSPS) is 28.4. The summed E-state index contributed by atoms with van der Waals surface area (Å²) in [5.41, 5.74) is 1.50. The molecule has 0 heterocycles. The monoisotopic (exact) mass is 377 g/mol. The van der Waals surface area contributed by atoms with Crippen molar-refractivity contribution < 1.29 is 15.0 Å². The molecular formula is C23H39NO3. The summed E-state index contributed by atoms with van der Waals surface area (Å²) in [7, 11) is 3.62. The summed E-state index contributed by atoms with van der Waals surface area (Å²) in [6.07, 6.45) is 15.5. The molecule has 0 aromatic rings. The molecule has 0 bridgehead atoms. The molecule has 0 aliphatic heterocycles. The number of nitrogens with zero attached hydrogens (tertiary/aromatic N) is 1. The number of fused-ring (bicyclic) bond motifs is 1. The molecule has 4 nitrogen and oxygen atoms in total. The van der Waals surface area contributed by atoms with Crippen LogP contribution >= 0.6 is 0 Å². The van der Waals surface area contributed by atoms with Gasteiger partial charge in [0.2, 0.25) is 5.91 Å². The molecule has 2 rings (SSSR count). The molecule has 1 fully saturated rings. The Hall–Kier alpha value is -1.13. The first kappa shape index (κ1) is 22.2. The number of rotatable bonds is 11. The van der Waals surface area contributed by atoms with Crippen LogP contribution < -0.4 is 0 Å². The highest BCUT2D eigenvalue weighted by molar-refractivity contribution is 5.75. The summed E-state index contributed by atoms with van der Waals surface area (Å²) in [4.78, 5) is 13.3. The maximum atomic E-state index is 11.6. The Balaban J connectivity index is 1.76. The zero-order valence-electron chi connectivity index (χ0n) is 17.4. The average Bonchev–Trinajstić information content (AvgIpc) is 3.13. The van der Waals surface area contributed by atoms with Crippen molar-refractivity contribution in [3.63, 3.8) is 0 Å². The van der Waals surface area contributed by atoms with Crippen LogP contribution in [0.2, 0.25) is 0 Å². The standard InChI is InChI=1S/C23H39NO3/c1-4-5-6-10-19(25)12-13-20-21-15-17(14-18(21)16-22(20)26)9-7-8-11-23(27)24(2)3/h12-14,18-22,25-26H,4-11,15-16H2,1-3H3/t18-,19-,20+,21-,22+/m1/s1. The Bertz CT molecular complexity index is 526. The van der Waals surface area contributed by atoms with Gasteiger partial charge in [-0.2, -0.15) is 0 Å². The third-order valence-corrected chi connectivity index (χ3v) is 6.25. The predicted octanol–water partition coefficient (Wildman–Crippen LogP) is 4.08. The zero-order valence-corrected chi connectivity index (χ0v) is 17.4. The number of allylic oxidation sites excluding steroid dienone is 2. The highest BCUT2D eigenvalue weighted by Crippen LogP contribution is 2.48. The number of aliphatic hydroxyl groups is 2. The second-order valence-corrected chi connectivity index (χ2v) is 8.68. The minimum atomic E-state index is -0.383. The predicted molar refractivity (Wildman–Crippen MR) is 110 cm³/mol. The van der Waals surface area contributed by atoms with Gasteiger partial charge in [0.1, 0.15) is 0 Å². The van der Waals surface area contributed by atoms with Crippen molar-refractivity contribution in [3.8, 4) is 0 Å². The topological polar surface area (TPSA) is 60.8 Å². The first-order valence-corrected chi connectivity index (χ1v) is 10.9. The number of aliphatic hydroxyl groups excluding tert-OH is 2. The van der Waals surface area contributed by atoms with Crippen LogP contribution in [-0.4, -0.2) is 47.3 Å². The molecule has 0 spiro atoms. The average molecular weight is 378 g/mol. The van der Waals surface area contributed by atoms with Gasteiger partial charge in [0.05, 0.1) is 12.2 Å². The van der Waals surface area contributed by atoms with Crippen LogP contribution in [0.3, 0.4) is 0 Å². The van der Waals surface area contributed by atoms with Gasteiger partial charge in [-0.05, 0) is 50.4 Å². The van der Waals surface area contributed by atoms with Gasteiger partial charge in [-0.1, -0.05) is 50.0 Å². The lowest BCUT2D eigenvalue weighted by Crippen LogP contribution is -2.21. The molecule has 0 aromatic heterocycles. The van der Waals surface area contributed by atoms with Gasteiger partial charge in [0, 0.05) is 26.4 Å². The smallest absolute Gasteiger partial charge is 0.222 e. The van der Waals surface area contributed by atoms with E-state index < -0.39 is 0 Å². The molecule has 5 atom stereocenters. The second-order valence-electron chi connectivity index (χ2n) is 8.68. The highest BCUT2D eigenvalue weighted by Gasteiger charge is 2.43. The van der Waals surface area contributed by atoms with E-state index in [1.807, 2.05) is 20.2 Å². The van der Waals surface area contributed by atoms with Gasteiger partial charge in [-0.3, -0.25) is 4.79 Å². The van der Waals surface area contributed by atoms with Crippen LogP contribution in [0.25, 0.3) is 0 Å². The van der Waals surface area contributed by atoms with Crippen LogP contribution in [0, 0.1) is 17.8 Å².